The second-order valence-electron chi connectivity index (χ2n) is 14.6. The number of benzene rings is 7. The molecule has 10 aromatic rings. The zero-order chi connectivity index (χ0) is 35.3. The van der Waals surface area contributed by atoms with E-state index in [2.05, 4.69) is 187 Å². The van der Waals surface area contributed by atoms with E-state index in [4.69, 9.17) is 9.97 Å². The summed E-state index contributed by atoms with van der Waals surface area (Å²) < 4.78 is 4.87. The lowest BCUT2D eigenvalue weighted by Crippen LogP contribution is -2.17. The summed E-state index contributed by atoms with van der Waals surface area (Å²) in [5.41, 5.74) is 14.5. The number of fused-ring (bicyclic) bond motifs is 10. The molecule has 53 heavy (non-hydrogen) atoms. The average molecular weight is 679 g/mol. The molecule has 0 bridgehead atoms. The predicted octanol–water partition coefficient (Wildman–Crippen LogP) is 12.3. The molecular formula is C49H34N4. The van der Waals surface area contributed by atoms with Gasteiger partial charge in [-0.2, -0.15) is 0 Å². The van der Waals surface area contributed by atoms with Gasteiger partial charge in [0, 0.05) is 55.0 Å². The number of hydrogen-bond acceptors (Lipinski definition) is 2. The molecule has 0 unspecified atom stereocenters. The highest BCUT2D eigenvalue weighted by Gasteiger charge is 2.39. The van der Waals surface area contributed by atoms with Gasteiger partial charge in [-0.15, -0.1) is 0 Å². The Bertz CT molecular complexity index is 3080. The normalized spacial score (nSPS) is 13.2. The van der Waals surface area contributed by atoms with E-state index in [1.165, 1.54) is 54.7 Å². The molecule has 0 saturated heterocycles. The van der Waals surface area contributed by atoms with Gasteiger partial charge in [0.05, 0.1) is 33.5 Å². The number of aromatic nitrogens is 4. The molecule has 0 spiro atoms. The number of nitrogens with zero attached hydrogens (tertiary/aromatic N) is 4. The fraction of sp³-hybridized carbons (Fsp3) is 0.0612. The lowest BCUT2D eigenvalue weighted by atomic mass is 9.85. The third-order valence-corrected chi connectivity index (χ3v) is 11.3. The third kappa shape index (κ3) is 4.24. The van der Waals surface area contributed by atoms with Gasteiger partial charge in [0.2, 0.25) is 0 Å². The molecule has 1 aliphatic carbocycles. The first-order valence-electron chi connectivity index (χ1n) is 18.3. The Labute approximate surface area is 307 Å². The van der Waals surface area contributed by atoms with Gasteiger partial charge in [-0.05, 0) is 53.6 Å². The zero-order valence-corrected chi connectivity index (χ0v) is 29.5. The van der Waals surface area contributed by atoms with Crippen molar-refractivity contribution in [2.45, 2.75) is 19.3 Å². The standard InChI is InChI=1S/C49H34N4/c1-49(2)39-25-12-9-23-37(39)44-45(50-48(51-47(44)49)31-16-5-3-6-17-31)32-18-15-21-34(30-32)53-40-26-13-10-22-35(40)36-28-29-42-43(46(36)53)38-24-11-14-27-41(38)52(42)33-19-7-4-8-20-33/h3-30H,1-2H3. The summed E-state index contributed by atoms with van der Waals surface area (Å²) >= 11 is 0. The molecule has 11 rings (SSSR count). The largest absolute Gasteiger partial charge is 0.309 e. The predicted molar refractivity (Wildman–Crippen MR) is 219 cm³/mol. The zero-order valence-electron chi connectivity index (χ0n) is 29.5. The van der Waals surface area contributed by atoms with E-state index < -0.39 is 0 Å². The Morgan fingerprint density at radius 2 is 1.11 bits per heavy atom. The van der Waals surface area contributed by atoms with Crippen LogP contribution in [0.15, 0.2) is 170 Å². The third-order valence-electron chi connectivity index (χ3n) is 11.3. The van der Waals surface area contributed by atoms with Crippen molar-refractivity contribution in [2.24, 2.45) is 0 Å². The Hall–Kier alpha value is -6.78. The van der Waals surface area contributed by atoms with Crippen LogP contribution in [0.3, 0.4) is 0 Å². The van der Waals surface area contributed by atoms with Crippen LogP contribution in [-0.4, -0.2) is 19.1 Å². The van der Waals surface area contributed by atoms with E-state index in [0.717, 1.165) is 45.3 Å². The minimum absolute atomic E-state index is 0.268. The fourth-order valence-electron chi connectivity index (χ4n) is 8.89. The second kappa shape index (κ2) is 11.1. The van der Waals surface area contributed by atoms with E-state index >= 15 is 0 Å². The van der Waals surface area contributed by atoms with Crippen molar-refractivity contribution in [3.05, 3.63) is 181 Å². The van der Waals surface area contributed by atoms with Crippen LogP contribution in [0.25, 0.3) is 88.8 Å². The maximum absolute atomic E-state index is 5.40. The van der Waals surface area contributed by atoms with E-state index in [1.54, 1.807) is 0 Å². The summed E-state index contributed by atoms with van der Waals surface area (Å²) in [5, 5.41) is 4.95. The lowest BCUT2D eigenvalue weighted by Gasteiger charge is -2.21. The first-order valence-corrected chi connectivity index (χ1v) is 18.3. The molecule has 0 amide bonds. The van der Waals surface area contributed by atoms with Crippen molar-refractivity contribution in [3.8, 4) is 45.1 Å². The van der Waals surface area contributed by atoms with Crippen LogP contribution in [0.4, 0.5) is 0 Å². The molecule has 0 saturated carbocycles. The highest BCUT2D eigenvalue weighted by atomic mass is 15.0. The average Bonchev–Trinajstić information content (AvgIpc) is 3.81. The molecule has 3 aromatic heterocycles. The van der Waals surface area contributed by atoms with Gasteiger partial charge in [-0.3, -0.25) is 0 Å². The van der Waals surface area contributed by atoms with Crippen molar-refractivity contribution >= 4 is 43.6 Å². The number of para-hydroxylation sites is 3. The van der Waals surface area contributed by atoms with Gasteiger partial charge in [0.15, 0.2) is 5.82 Å². The SMILES string of the molecule is CC1(C)c2ccccc2-c2c(-c3cccc(-n4c5ccccc5c5ccc6c(c7ccccc7n6-c6ccccc6)c54)c3)nc(-c3ccccc3)nc21. The number of rotatable bonds is 4. The summed E-state index contributed by atoms with van der Waals surface area (Å²) in [6, 6.07) is 61.0. The Balaban J connectivity index is 1.23. The molecule has 0 radical (unpaired) electrons. The summed E-state index contributed by atoms with van der Waals surface area (Å²) in [7, 11) is 0. The Morgan fingerprint density at radius 3 is 1.92 bits per heavy atom. The molecule has 0 fully saturated rings. The van der Waals surface area contributed by atoms with Crippen molar-refractivity contribution < 1.29 is 0 Å². The quantitative estimate of drug-likeness (QED) is 0.186. The van der Waals surface area contributed by atoms with Crippen molar-refractivity contribution in [3.63, 3.8) is 0 Å². The van der Waals surface area contributed by atoms with Crippen LogP contribution in [0.2, 0.25) is 0 Å². The maximum atomic E-state index is 5.40. The Morgan fingerprint density at radius 1 is 0.472 bits per heavy atom. The Kier molecular flexibility index (Phi) is 6.27. The topological polar surface area (TPSA) is 35.6 Å². The second-order valence-corrected chi connectivity index (χ2v) is 14.6. The van der Waals surface area contributed by atoms with E-state index in [9.17, 15) is 0 Å². The highest BCUT2D eigenvalue weighted by molar-refractivity contribution is 6.26. The first kappa shape index (κ1) is 29.9. The van der Waals surface area contributed by atoms with Gasteiger partial charge in [-0.1, -0.05) is 141 Å². The minimum Gasteiger partial charge on any atom is -0.309 e. The highest BCUT2D eigenvalue weighted by Crippen LogP contribution is 2.51. The van der Waals surface area contributed by atoms with Crippen LogP contribution in [0, 0.1) is 0 Å². The molecule has 3 heterocycles. The maximum Gasteiger partial charge on any atom is 0.160 e. The molecular weight excluding hydrogens is 645 g/mol. The van der Waals surface area contributed by atoms with E-state index in [-0.39, 0.29) is 5.41 Å². The van der Waals surface area contributed by atoms with Gasteiger partial charge in [0.25, 0.3) is 0 Å². The molecule has 4 nitrogen and oxygen atoms in total. The number of hydrogen-bond donors (Lipinski definition) is 0. The van der Waals surface area contributed by atoms with Crippen molar-refractivity contribution in [1.82, 2.24) is 19.1 Å². The van der Waals surface area contributed by atoms with Crippen molar-refractivity contribution in [2.75, 3.05) is 0 Å². The van der Waals surface area contributed by atoms with Gasteiger partial charge < -0.3 is 9.13 Å². The van der Waals surface area contributed by atoms with Crippen LogP contribution in [-0.2, 0) is 5.41 Å². The fourth-order valence-corrected chi connectivity index (χ4v) is 8.89. The van der Waals surface area contributed by atoms with E-state index in [1.807, 2.05) is 6.07 Å². The molecule has 0 N–H and O–H groups in total. The van der Waals surface area contributed by atoms with Crippen LogP contribution >= 0.6 is 0 Å². The summed E-state index contributed by atoms with van der Waals surface area (Å²) in [5.74, 6) is 0.748. The molecule has 7 aromatic carbocycles. The smallest absolute Gasteiger partial charge is 0.160 e. The van der Waals surface area contributed by atoms with Gasteiger partial charge >= 0.3 is 0 Å². The van der Waals surface area contributed by atoms with Gasteiger partial charge in [-0.25, -0.2) is 9.97 Å². The van der Waals surface area contributed by atoms with Crippen LogP contribution < -0.4 is 0 Å². The minimum atomic E-state index is -0.268. The van der Waals surface area contributed by atoms with Crippen LogP contribution in [0.1, 0.15) is 25.1 Å². The monoisotopic (exact) mass is 678 g/mol. The van der Waals surface area contributed by atoms with Gasteiger partial charge in [0.1, 0.15) is 0 Å². The summed E-state index contributed by atoms with van der Waals surface area (Å²) in [6.07, 6.45) is 0. The summed E-state index contributed by atoms with van der Waals surface area (Å²) in [4.78, 5) is 10.7. The molecule has 250 valence electrons. The first-order chi connectivity index (χ1) is 26.1. The molecule has 4 heteroatoms. The summed E-state index contributed by atoms with van der Waals surface area (Å²) in [6.45, 7) is 4.57. The molecule has 0 atom stereocenters. The lowest BCUT2D eigenvalue weighted by molar-refractivity contribution is 0.636. The van der Waals surface area contributed by atoms with E-state index in [0.29, 0.717) is 0 Å². The molecule has 1 aliphatic rings. The van der Waals surface area contributed by atoms with Crippen molar-refractivity contribution in [1.29, 1.82) is 0 Å². The van der Waals surface area contributed by atoms with Crippen LogP contribution in [0.5, 0.6) is 0 Å². The molecule has 0 aliphatic heterocycles.